The number of amides is 1. The first-order chi connectivity index (χ1) is 16.0. The standard InChI is InChI=1S/C26H36N6O/c1-19(33)32-14-11-26(18-32)9-12-31(13-10-26)17-23-21(8-7-20-5-3-2-4-6-20)25-22(29-23)16-28-24(15-27)30-25/h16,20-21H,2-14,17-18H2,1H3. The van der Waals surface area contributed by atoms with Gasteiger partial charge in [0, 0.05) is 38.2 Å². The fourth-order valence-corrected chi connectivity index (χ4v) is 6.53. The van der Waals surface area contributed by atoms with Crippen LogP contribution in [0.2, 0.25) is 0 Å². The Bertz CT molecular complexity index is 952. The van der Waals surface area contributed by atoms with E-state index in [9.17, 15) is 10.1 Å². The molecular weight excluding hydrogens is 412 g/mol. The molecule has 1 aromatic rings. The maximum atomic E-state index is 11.8. The van der Waals surface area contributed by atoms with Gasteiger partial charge in [-0.25, -0.2) is 9.97 Å². The Morgan fingerprint density at radius 1 is 1.15 bits per heavy atom. The monoisotopic (exact) mass is 448 g/mol. The molecule has 1 atom stereocenters. The van der Waals surface area contributed by atoms with Gasteiger partial charge in [-0.15, -0.1) is 0 Å². The van der Waals surface area contributed by atoms with Gasteiger partial charge in [-0.2, -0.15) is 5.26 Å². The zero-order chi connectivity index (χ0) is 22.8. The average molecular weight is 449 g/mol. The molecule has 3 fully saturated rings. The zero-order valence-electron chi connectivity index (χ0n) is 19.9. The molecule has 176 valence electrons. The molecular formula is C26H36N6O. The van der Waals surface area contributed by atoms with Crippen LogP contribution < -0.4 is 0 Å². The predicted octanol–water partition coefficient (Wildman–Crippen LogP) is 4.21. The molecule has 2 saturated heterocycles. The molecule has 5 rings (SSSR count). The van der Waals surface area contributed by atoms with E-state index in [1.54, 1.807) is 13.1 Å². The van der Waals surface area contributed by atoms with Crippen LogP contribution in [0.5, 0.6) is 0 Å². The molecule has 4 heterocycles. The molecule has 0 bridgehead atoms. The minimum absolute atomic E-state index is 0.214. The van der Waals surface area contributed by atoms with Crippen molar-refractivity contribution in [2.45, 2.75) is 77.0 Å². The summed E-state index contributed by atoms with van der Waals surface area (Å²) in [5.74, 6) is 1.51. The average Bonchev–Trinajstić information content (AvgIpc) is 3.41. The molecule has 7 heteroatoms. The third-order valence-corrected chi connectivity index (χ3v) is 8.67. The number of fused-ring (bicyclic) bond motifs is 1. The van der Waals surface area contributed by atoms with Crippen molar-refractivity contribution in [3.8, 4) is 6.07 Å². The quantitative estimate of drug-likeness (QED) is 0.673. The van der Waals surface area contributed by atoms with Gasteiger partial charge in [-0.05, 0) is 56.5 Å². The van der Waals surface area contributed by atoms with Crippen molar-refractivity contribution < 1.29 is 4.79 Å². The van der Waals surface area contributed by atoms with Crippen LogP contribution in [0.1, 0.15) is 88.6 Å². The lowest BCUT2D eigenvalue weighted by Crippen LogP contribution is -2.44. The highest BCUT2D eigenvalue weighted by molar-refractivity contribution is 5.98. The van der Waals surface area contributed by atoms with Gasteiger partial charge >= 0.3 is 0 Å². The van der Waals surface area contributed by atoms with E-state index in [4.69, 9.17) is 4.99 Å². The highest BCUT2D eigenvalue weighted by Crippen LogP contribution is 2.42. The molecule has 7 nitrogen and oxygen atoms in total. The molecule has 1 aliphatic carbocycles. The highest BCUT2D eigenvalue weighted by Gasteiger charge is 2.42. The molecule has 4 aliphatic rings. The Morgan fingerprint density at radius 3 is 2.61 bits per heavy atom. The van der Waals surface area contributed by atoms with E-state index in [1.165, 1.54) is 44.2 Å². The Balaban J connectivity index is 1.24. The van der Waals surface area contributed by atoms with Gasteiger partial charge in [-0.1, -0.05) is 32.1 Å². The largest absolute Gasteiger partial charge is 0.342 e. The van der Waals surface area contributed by atoms with Gasteiger partial charge in [-0.3, -0.25) is 14.7 Å². The van der Waals surface area contributed by atoms with Crippen LogP contribution in [0, 0.1) is 22.7 Å². The summed E-state index contributed by atoms with van der Waals surface area (Å²) in [6.07, 6.45) is 14.3. The predicted molar refractivity (Wildman–Crippen MR) is 127 cm³/mol. The summed E-state index contributed by atoms with van der Waals surface area (Å²) in [6, 6.07) is 2.11. The summed E-state index contributed by atoms with van der Waals surface area (Å²) >= 11 is 0. The topological polar surface area (TPSA) is 85.5 Å². The van der Waals surface area contributed by atoms with Gasteiger partial charge < -0.3 is 4.90 Å². The molecule has 1 aromatic heterocycles. The first-order valence-corrected chi connectivity index (χ1v) is 12.9. The number of nitriles is 1. The van der Waals surface area contributed by atoms with E-state index in [1.807, 2.05) is 4.90 Å². The number of aliphatic imine (C=N–C) groups is 1. The summed E-state index contributed by atoms with van der Waals surface area (Å²) in [5.41, 5.74) is 3.35. The minimum Gasteiger partial charge on any atom is -0.342 e. The Morgan fingerprint density at radius 2 is 1.91 bits per heavy atom. The number of carbonyl (C=O) groups is 1. The third kappa shape index (κ3) is 4.82. The van der Waals surface area contributed by atoms with Crippen molar-refractivity contribution in [2.75, 3.05) is 32.7 Å². The van der Waals surface area contributed by atoms with E-state index >= 15 is 0 Å². The van der Waals surface area contributed by atoms with Crippen molar-refractivity contribution in [1.29, 1.82) is 5.26 Å². The van der Waals surface area contributed by atoms with Gasteiger partial charge in [0.1, 0.15) is 11.8 Å². The number of aromatic nitrogens is 2. The summed E-state index contributed by atoms with van der Waals surface area (Å²) in [6.45, 7) is 6.54. The molecule has 0 N–H and O–H groups in total. The fourth-order valence-electron chi connectivity index (χ4n) is 6.53. The summed E-state index contributed by atoms with van der Waals surface area (Å²) in [7, 11) is 0. The van der Waals surface area contributed by atoms with E-state index in [0.717, 1.165) is 75.7 Å². The van der Waals surface area contributed by atoms with E-state index < -0.39 is 0 Å². The molecule has 3 aliphatic heterocycles. The van der Waals surface area contributed by atoms with E-state index in [2.05, 4.69) is 20.9 Å². The van der Waals surface area contributed by atoms with Crippen LogP contribution >= 0.6 is 0 Å². The van der Waals surface area contributed by atoms with Gasteiger partial charge in [0.15, 0.2) is 0 Å². The van der Waals surface area contributed by atoms with Crippen LogP contribution in [0.4, 0.5) is 5.69 Å². The lowest BCUT2D eigenvalue weighted by molar-refractivity contribution is -0.128. The maximum absolute atomic E-state index is 11.8. The zero-order valence-corrected chi connectivity index (χ0v) is 19.9. The Hall–Kier alpha value is -2.33. The summed E-state index contributed by atoms with van der Waals surface area (Å²) in [5, 5.41) is 9.32. The van der Waals surface area contributed by atoms with Crippen molar-refractivity contribution in [3.05, 3.63) is 17.7 Å². The van der Waals surface area contributed by atoms with Gasteiger partial charge in [0.2, 0.25) is 11.7 Å². The van der Waals surface area contributed by atoms with Crippen LogP contribution in [0.3, 0.4) is 0 Å². The number of nitrogens with zero attached hydrogens (tertiary/aromatic N) is 6. The summed E-state index contributed by atoms with van der Waals surface area (Å²) < 4.78 is 0. The van der Waals surface area contributed by atoms with Crippen molar-refractivity contribution in [3.63, 3.8) is 0 Å². The van der Waals surface area contributed by atoms with E-state index in [-0.39, 0.29) is 17.6 Å². The lowest BCUT2D eigenvalue weighted by atomic mass is 9.77. The molecule has 1 unspecified atom stereocenters. The second-order valence-corrected chi connectivity index (χ2v) is 10.8. The number of carbonyl (C=O) groups excluding carboxylic acids is 1. The van der Waals surface area contributed by atoms with Gasteiger partial charge in [0.05, 0.1) is 11.9 Å². The minimum atomic E-state index is 0.214. The van der Waals surface area contributed by atoms with Crippen molar-refractivity contribution in [2.24, 2.45) is 16.3 Å². The molecule has 33 heavy (non-hydrogen) atoms. The second kappa shape index (κ2) is 9.50. The number of piperidine rings is 1. The first kappa shape index (κ1) is 22.5. The smallest absolute Gasteiger partial charge is 0.232 e. The molecule has 1 spiro atoms. The summed E-state index contributed by atoms with van der Waals surface area (Å²) in [4.78, 5) is 30.1. The second-order valence-electron chi connectivity index (χ2n) is 10.8. The highest BCUT2D eigenvalue weighted by atomic mass is 16.2. The third-order valence-electron chi connectivity index (χ3n) is 8.67. The van der Waals surface area contributed by atoms with Gasteiger partial charge in [0.25, 0.3) is 0 Å². The fraction of sp³-hybridized carbons (Fsp3) is 0.731. The normalized spacial score (nSPS) is 25.2. The van der Waals surface area contributed by atoms with Crippen LogP contribution in [-0.4, -0.2) is 64.1 Å². The van der Waals surface area contributed by atoms with Crippen LogP contribution in [0.25, 0.3) is 0 Å². The van der Waals surface area contributed by atoms with Crippen LogP contribution in [-0.2, 0) is 4.79 Å². The molecule has 0 radical (unpaired) electrons. The number of likely N-dealkylation sites (tertiary alicyclic amines) is 2. The molecule has 1 amide bonds. The van der Waals surface area contributed by atoms with Crippen molar-refractivity contribution in [1.82, 2.24) is 19.8 Å². The van der Waals surface area contributed by atoms with Crippen molar-refractivity contribution >= 4 is 17.3 Å². The lowest BCUT2D eigenvalue weighted by Gasteiger charge is -2.39. The number of hydrogen-bond donors (Lipinski definition) is 0. The maximum Gasteiger partial charge on any atom is 0.232 e. The Kier molecular flexibility index (Phi) is 6.47. The SMILES string of the molecule is CC(=O)N1CCC2(CCN(CC3=Nc4cnc(C#N)nc4C3CCC3CCCCC3)CC2)C1. The van der Waals surface area contributed by atoms with Crippen LogP contribution in [0.15, 0.2) is 11.2 Å². The Labute approximate surface area is 197 Å². The molecule has 0 aromatic carbocycles. The van der Waals surface area contributed by atoms with E-state index in [0.29, 0.717) is 5.41 Å². The number of rotatable bonds is 5. The first-order valence-electron chi connectivity index (χ1n) is 12.9. The molecule has 1 saturated carbocycles. The number of hydrogen-bond acceptors (Lipinski definition) is 6.